The molecule has 1 aliphatic rings. The van der Waals surface area contributed by atoms with Crippen LogP contribution in [0.2, 0.25) is 5.02 Å². The smallest absolute Gasteiger partial charge is 0.255 e. The molecule has 4 rings (SSSR count). The number of rotatable bonds is 5. The Morgan fingerprint density at radius 1 is 0.970 bits per heavy atom. The van der Waals surface area contributed by atoms with Gasteiger partial charge in [-0.2, -0.15) is 4.31 Å². The highest BCUT2D eigenvalue weighted by molar-refractivity contribution is 7.89. The number of amides is 1. The Bertz CT molecular complexity index is 1270. The number of benzene rings is 3. The summed E-state index contributed by atoms with van der Waals surface area (Å²) in [6, 6.07) is 17.3. The summed E-state index contributed by atoms with van der Waals surface area (Å²) >= 11 is 6.02. The van der Waals surface area contributed by atoms with Crippen LogP contribution < -0.4 is 10.2 Å². The van der Waals surface area contributed by atoms with Crippen molar-refractivity contribution in [3.8, 4) is 0 Å². The predicted molar refractivity (Wildman–Crippen MR) is 128 cm³/mol. The Hall–Kier alpha value is -2.94. The van der Waals surface area contributed by atoms with Gasteiger partial charge in [-0.15, -0.1) is 0 Å². The second-order valence-electron chi connectivity index (χ2n) is 7.81. The van der Waals surface area contributed by atoms with Gasteiger partial charge in [0.15, 0.2) is 0 Å². The van der Waals surface area contributed by atoms with Crippen LogP contribution >= 0.6 is 11.6 Å². The van der Waals surface area contributed by atoms with Crippen LogP contribution in [0, 0.1) is 12.7 Å². The normalized spacial score (nSPS) is 14.8. The first-order chi connectivity index (χ1) is 15.7. The summed E-state index contributed by atoms with van der Waals surface area (Å²) in [5.74, 6) is -0.729. The standard InChI is InChI=1S/C24H23ClFN3O3S/c1-17-5-6-19(25)16-23(17)27-24(30)18-3-2-4-22(15-18)33(31,32)29-13-11-28(12-14-29)21-9-7-20(26)8-10-21/h2-10,15-16H,11-14H2,1H3,(H,27,30). The molecule has 0 atom stereocenters. The van der Waals surface area contributed by atoms with E-state index in [0.717, 1.165) is 11.3 Å². The fraction of sp³-hybridized carbons (Fsp3) is 0.208. The number of sulfonamides is 1. The first-order valence-electron chi connectivity index (χ1n) is 10.4. The molecule has 1 fully saturated rings. The van der Waals surface area contributed by atoms with Crippen molar-refractivity contribution in [1.29, 1.82) is 0 Å². The number of piperazine rings is 1. The van der Waals surface area contributed by atoms with Gasteiger partial charge in [0, 0.05) is 48.1 Å². The van der Waals surface area contributed by atoms with E-state index >= 15 is 0 Å². The van der Waals surface area contributed by atoms with Gasteiger partial charge in [0.2, 0.25) is 10.0 Å². The molecule has 0 radical (unpaired) electrons. The number of halogens is 2. The minimum atomic E-state index is -3.77. The monoisotopic (exact) mass is 487 g/mol. The zero-order chi connectivity index (χ0) is 23.6. The largest absolute Gasteiger partial charge is 0.369 e. The predicted octanol–water partition coefficient (Wildman–Crippen LogP) is 4.55. The number of hydrogen-bond acceptors (Lipinski definition) is 4. The number of carbonyl (C=O) groups is 1. The van der Waals surface area contributed by atoms with Gasteiger partial charge < -0.3 is 10.2 Å². The second-order valence-corrected chi connectivity index (χ2v) is 10.2. The van der Waals surface area contributed by atoms with E-state index in [-0.39, 0.29) is 29.4 Å². The van der Waals surface area contributed by atoms with E-state index in [4.69, 9.17) is 11.6 Å². The maximum atomic E-state index is 13.2. The summed E-state index contributed by atoms with van der Waals surface area (Å²) in [5, 5.41) is 3.28. The fourth-order valence-electron chi connectivity index (χ4n) is 3.71. The number of nitrogens with one attached hydrogen (secondary N) is 1. The number of nitrogens with zero attached hydrogens (tertiary/aromatic N) is 2. The van der Waals surface area contributed by atoms with Crippen LogP contribution in [0.4, 0.5) is 15.8 Å². The maximum Gasteiger partial charge on any atom is 0.255 e. The number of aryl methyl sites for hydroxylation is 1. The lowest BCUT2D eigenvalue weighted by atomic mass is 10.1. The molecule has 0 unspecified atom stereocenters. The molecule has 1 heterocycles. The van der Waals surface area contributed by atoms with Crippen LogP contribution in [0.25, 0.3) is 0 Å². The molecule has 0 aliphatic carbocycles. The van der Waals surface area contributed by atoms with E-state index in [1.165, 1.54) is 28.6 Å². The van der Waals surface area contributed by atoms with Crippen LogP contribution in [0.5, 0.6) is 0 Å². The third kappa shape index (κ3) is 5.19. The number of hydrogen-bond donors (Lipinski definition) is 1. The Morgan fingerprint density at radius 2 is 1.67 bits per heavy atom. The van der Waals surface area contributed by atoms with E-state index in [1.54, 1.807) is 42.5 Å². The Balaban J connectivity index is 1.47. The van der Waals surface area contributed by atoms with Gasteiger partial charge in [0.25, 0.3) is 5.91 Å². The summed E-state index contributed by atoms with van der Waals surface area (Å²) in [7, 11) is -3.77. The maximum absolute atomic E-state index is 13.2. The Kier molecular flexibility index (Phi) is 6.69. The molecule has 3 aromatic carbocycles. The molecule has 0 aromatic heterocycles. The molecule has 33 heavy (non-hydrogen) atoms. The van der Waals surface area contributed by atoms with Crippen molar-refractivity contribution in [3.05, 3.63) is 88.7 Å². The van der Waals surface area contributed by atoms with Gasteiger partial charge in [-0.05, 0) is 67.1 Å². The van der Waals surface area contributed by atoms with Crippen molar-refractivity contribution in [2.45, 2.75) is 11.8 Å². The second kappa shape index (κ2) is 9.51. The van der Waals surface area contributed by atoms with E-state index in [1.807, 2.05) is 11.8 Å². The van der Waals surface area contributed by atoms with Crippen molar-refractivity contribution in [2.75, 3.05) is 36.4 Å². The topological polar surface area (TPSA) is 69.7 Å². The number of carbonyl (C=O) groups excluding carboxylic acids is 1. The first-order valence-corrected chi connectivity index (χ1v) is 12.2. The van der Waals surface area contributed by atoms with E-state index in [0.29, 0.717) is 23.8 Å². The van der Waals surface area contributed by atoms with Crippen molar-refractivity contribution < 1.29 is 17.6 Å². The van der Waals surface area contributed by atoms with Crippen LogP contribution in [0.1, 0.15) is 15.9 Å². The molecule has 1 amide bonds. The highest BCUT2D eigenvalue weighted by Gasteiger charge is 2.29. The lowest BCUT2D eigenvalue weighted by molar-refractivity contribution is 0.102. The minimum Gasteiger partial charge on any atom is -0.369 e. The Labute approximate surface area is 197 Å². The van der Waals surface area contributed by atoms with Gasteiger partial charge >= 0.3 is 0 Å². The molecule has 3 aromatic rings. The molecule has 172 valence electrons. The highest BCUT2D eigenvalue weighted by atomic mass is 35.5. The highest BCUT2D eigenvalue weighted by Crippen LogP contribution is 2.24. The summed E-state index contributed by atoms with van der Waals surface area (Å²) < 4.78 is 41.0. The molecular formula is C24H23ClFN3O3S. The lowest BCUT2D eigenvalue weighted by Crippen LogP contribution is -2.48. The van der Waals surface area contributed by atoms with Crippen LogP contribution in [-0.4, -0.2) is 44.8 Å². The van der Waals surface area contributed by atoms with E-state index < -0.39 is 15.9 Å². The van der Waals surface area contributed by atoms with Crippen LogP contribution in [0.3, 0.4) is 0 Å². The molecule has 6 nitrogen and oxygen atoms in total. The van der Waals surface area contributed by atoms with Crippen molar-refractivity contribution in [3.63, 3.8) is 0 Å². The van der Waals surface area contributed by atoms with Crippen LogP contribution in [0.15, 0.2) is 71.6 Å². The number of anilines is 2. The molecule has 0 bridgehead atoms. The molecule has 1 saturated heterocycles. The van der Waals surface area contributed by atoms with Gasteiger partial charge in [0.1, 0.15) is 5.82 Å². The van der Waals surface area contributed by atoms with E-state index in [9.17, 15) is 17.6 Å². The van der Waals surface area contributed by atoms with Gasteiger partial charge in [-0.1, -0.05) is 23.7 Å². The summed E-state index contributed by atoms with van der Waals surface area (Å²) in [5.41, 5.74) is 2.50. The first kappa shape index (κ1) is 23.2. The third-order valence-electron chi connectivity index (χ3n) is 5.61. The zero-order valence-electron chi connectivity index (χ0n) is 18.0. The molecule has 0 spiro atoms. The average molecular weight is 488 g/mol. The lowest BCUT2D eigenvalue weighted by Gasteiger charge is -2.35. The third-order valence-corrected chi connectivity index (χ3v) is 7.74. The molecule has 1 aliphatic heterocycles. The molecule has 0 saturated carbocycles. The molecule has 9 heteroatoms. The van der Waals surface area contributed by atoms with Gasteiger partial charge in [0.05, 0.1) is 4.90 Å². The van der Waals surface area contributed by atoms with Crippen molar-refractivity contribution >= 4 is 38.9 Å². The molecule has 1 N–H and O–H groups in total. The van der Waals surface area contributed by atoms with Gasteiger partial charge in [-0.3, -0.25) is 4.79 Å². The Morgan fingerprint density at radius 3 is 2.36 bits per heavy atom. The fourth-order valence-corrected chi connectivity index (χ4v) is 5.35. The van der Waals surface area contributed by atoms with Crippen molar-refractivity contribution in [1.82, 2.24) is 4.31 Å². The average Bonchev–Trinajstić information content (AvgIpc) is 2.82. The SMILES string of the molecule is Cc1ccc(Cl)cc1NC(=O)c1cccc(S(=O)(=O)N2CCN(c3ccc(F)cc3)CC2)c1. The quantitative estimate of drug-likeness (QED) is 0.573. The zero-order valence-corrected chi connectivity index (χ0v) is 19.5. The van der Waals surface area contributed by atoms with Gasteiger partial charge in [-0.25, -0.2) is 12.8 Å². The van der Waals surface area contributed by atoms with Crippen LogP contribution in [-0.2, 0) is 10.0 Å². The summed E-state index contributed by atoms with van der Waals surface area (Å²) in [6.45, 7) is 3.40. The summed E-state index contributed by atoms with van der Waals surface area (Å²) in [6.07, 6.45) is 0. The minimum absolute atomic E-state index is 0.0631. The summed E-state index contributed by atoms with van der Waals surface area (Å²) in [4.78, 5) is 14.8. The van der Waals surface area contributed by atoms with E-state index in [2.05, 4.69) is 5.32 Å². The molecular weight excluding hydrogens is 465 g/mol. The van der Waals surface area contributed by atoms with Crippen molar-refractivity contribution in [2.24, 2.45) is 0 Å².